The van der Waals surface area contributed by atoms with Gasteiger partial charge in [0.25, 0.3) is 11.8 Å². The highest BCUT2D eigenvalue weighted by molar-refractivity contribution is 5.95. The molecule has 1 unspecified atom stereocenters. The number of aromatic nitrogens is 4. The number of hydrogen-bond donors (Lipinski definition) is 0. The summed E-state index contributed by atoms with van der Waals surface area (Å²) in [6.45, 7) is 1.60. The fraction of sp³-hybridized carbons (Fsp3) is 0.250. The van der Waals surface area contributed by atoms with Crippen molar-refractivity contribution in [2.24, 2.45) is 0 Å². The molecular formula is C24H21F2N5O2. The average Bonchev–Trinajstić information content (AvgIpc) is 3.36. The summed E-state index contributed by atoms with van der Waals surface area (Å²) < 4.78 is 36.6. The maximum atomic E-state index is 14.7. The Morgan fingerprint density at radius 2 is 2.00 bits per heavy atom. The van der Waals surface area contributed by atoms with E-state index in [1.165, 1.54) is 15.8 Å². The Balaban J connectivity index is 1.37. The molecule has 1 amide bonds. The lowest BCUT2D eigenvalue weighted by atomic mass is 10.0. The Morgan fingerprint density at radius 1 is 1.15 bits per heavy atom. The van der Waals surface area contributed by atoms with E-state index in [4.69, 9.17) is 4.74 Å². The zero-order chi connectivity index (χ0) is 23.0. The van der Waals surface area contributed by atoms with Crippen LogP contribution in [0.2, 0.25) is 0 Å². The number of para-hydroxylation sites is 1. The molecule has 1 atom stereocenters. The summed E-state index contributed by atoms with van der Waals surface area (Å²) >= 11 is 0. The first kappa shape index (κ1) is 21.0. The monoisotopic (exact) mass is 449 g/mol. The summed E-state index contributed by atoms with van der Waals surface area (Å²) in [5, 5.41) is 8.59. The van der Waals surface area contributed by atoms with Crippen molar-refractivity contribution in [2.75, 3.05) is 13.1 Å². The predicted octanol–water partition coefficient (Wildman–Crippen LogP) is 4.05. The third-order valence-corrected chi connectivity index (χ3v) is 5.80. The van der Waals surface area contributed by atoms with E-state index in [1.807, 2.05) is 25.1 Å². The Labute approximate surface area is 188 Å². The first-order valence-electron chi connectivity index (χ1n) is 10.6. The van der Waals surface area contributed by atoms with Gasteiger partial charge < -0.3 is 9.64 Å². The minimum Gasteiger partial charge on any atom is -0.466 e. The SMILES string of the molecule is Cc1cccc2ccc(OC3CN(C(=O)c4cccc(-n5ccnn5)c4)CCC3(F)F)nc12. The Kier molecular flexibility index (Phi) is 5.24. The second kappa shape index (κ2) is 8.23. The molecule has 0 bridgehead atoms. The van der Waals surface area contributed by atoms with Crippen molar-refractivity contribution in [1.29, 1.82) is 0 Å². The van der Waals surface area contributed by atoms with Gasteiger partial charge in [0.15, 0.2) is 6.10 Å². The summed E-state index contributed by atoms with van der Waals surface area (Å²) in [4.78, 5) is 18.9. The number of aryl methyl sites for hydroxylation is 1. The Bertz CT molecular complexity index is 1310. The number of likely N-dealkylation sites (tertiary alicyclic amines) is 1. The Morgan fingerprint density at radius 3 is 2.82 bits per heavy atom. The second-order valence-electron chi connectivity index (χ2n) is 8.06. The summed E-state index contributed by atoms with van der Waals surface area (Å²) in [7, 11) is 0. The number of rotatable bonds is 4. The lowest BCUT2D eigenvalue weighted by Crippen LogP contribution is -2.55. The molecule has 7 nitrogen and oxygen atoms in total. The quantitative estimate of drug-likeness (QED) is 0.470. The van der Waals surface area contributed by atoms with Crippen LogP contribution in [0.4, 0.5) is 8.78 Å². The van der Waals surface area contributed by atoms with Crippen LogP contribution in [0.25, 0.3) is 16.6 Å². The molecule has 0 radical (unpaired) electrons. The molecule has 3 heterocycles. The van der Waals surface area contributed by atoms with Crippen LogP contribution in [-0.4, -0.2) is 55.9 Å². The van der Waals surface area contributed by atoms with Crippen molar-refractivity contribution in [3.8, 4) is 11.6 Å². The number of pyridine rings is 1. The van der Waals surface area contributed by atoms with Gasteiger partial charge in [-0.15, -0.1) is 5.10 Å². The van der Waals surface area contributed by atoms with Gasteiger partial charge in [-0.1, -0.05) is 29.5 Å². The normalized spacial score (nSPS) is 17.8. The maximum Gasteiger partial charge on any atom is 0.287 e. The van der Waals surface area contributed by atoms with E-state index in [0.717, 1.165) is 10.9 Å². The minimum atomic E-state index is -3.08. The number of benzene rings is 2. The molecule has 0 N–H and O–H groups in total. The molecule has 0 spiro atoms. The molecule has 1 aliphatic heterocycles. The number of fused-ring (bicyclic) bond motifs is 1. The molecule has 33 heavy (non-hydrogen) atoms. The molecule has 2 aromatic heterocycles. The van der Waals surface area contributed by atoms with E-state index in [1.54, 1.807) is 42.6 Å². The van der Waals surface area contributed by atoms with Crippen LogP contribution < -0.4 is 4.74 Å². The van der Waals surface area contributed by atoms with Crippen molar-refractivity contribution in [1.82, 2.24) is 24.9 Å². The van der Waals surface area contributed by atoms with E-state index >= 15 is 0 Å². The number of alkyl halides is 2. The lowest BCUT2D eigenvalue weighted by molar-refractivity contribution is -0.131. The number of carbonyl (C=O) groups is 1. The van der Waals surface area contributed by atoms with Crippen LogP contribution in [0.3, 0.4) is 0 Å². The molecule has 1 aliphatic rings. The van der Waals surface area contributed by atoms with Gasteiger partial charge in [0.05, 0.1) is 30.1 Å². The maximum absolute atomic E-state index is 14.7. The third kappa shape index (κ3) is 4.13. The lowest BCUT2D eigenvalue weighted by Gasteiger charge is -2.38. The van der Waals surface area contributed by atoms with Crippen molar-refractivity contribution in [3.05, 3.63) is 78.1 Å². The van der Waals surface area contributed by atoms with Gasteiger partial charge in [0.1, 0.15) is 0 Å². The average molecular weight is 449 g/mol. The number of nitrogens with zero attached hydrogens (tertiary/aromatic N) is 5. The predicted molar refractivity (Wildman–Crippen MR) is 118 cm³/mol. The van der Waals surface area contributed by atoms with E-state index in [2.05, 4.69) is 15.3 Å². The number of carbonyl (C=O) groups excluding carboxylic acids is 1. The van der Waals surface area contributed by atoms with Crippen molar-refractivity contribution in [3.63, 3.8) is 0 Å². The molecule has 4 aromatic rings. The summed E-state index contributed by atoms with van der Waals surface area (Å²) in [5.74, 6) is -3.31. The molecule has 1 fully saturated rings. The van der Waals surface area contributed by atoms with Crippen LogP contribution in [-0.2, 0) is 0 Å². The smallest absolute Gasteiger partial charge is 0.287 e. The fourth-order valence-electron chi connectivity index (χ4n) is 3.98. The minimum absolute atomic E-state index is 0.0660. The van der Waals surface area contributed by atoms with Gasteiger partial charge in [-0.2, -0.15) is 0 Å². The van der Waals surface area contributed by atoms with Crippen LogP contribution >= 0.6 is 0 Å². The molecule has 5 rings (SSSR count). The van der Waals surface area contributed by atoms with Crippen molar-refractivity contribution in [2.45, 2.75) is 25.4 Å². The van der Waals surface area contributed by atoms with Crippen LogP contribution in [0.15, 0.2) is 67.0 Å². The standard InChI is InChI=1S/C24H21F2N5O2/c1-16-4-2-5-17-8-9-21(28-22(16)17)33-20-15-30(12-10-24(20,25)26)23(32)18-6-3-7-19(14-18)31-13-11-27-29-31/h2-9,11,13-14,20H,10,12,15H2,1H3. The van der Waals surface area contributed by atoms with Gasteiger partial charge in [-0.25, -0.2) is 18.4 Å². The van der Waals surface area contributed by atoms with Gasteiger partial charge in [0, 0.05) is 30.0 Å². The highest BCUT2D eigenvalue weighted by Gasteiger charge is 2.47. The number of piperidine rings is 1. The number of hydrogen-bond acceptors (Lipinski definition) is 5. The van der Waals surface area contributed by atoms with E-state index in [9.17, 15) is 13.6 Å². The van der Waals surface area contributed by atoms with Gasteiger partial charge in [-0.3, -0.25) is 4.79 Å². The van der Waals surface area contributed by atoms with Gasteiger partial charge in [0.2, 0.25) is 5.88 Å². The van der Waals surface area contributed by atoms with Crippen molar-refractivity contribution < 1.29 is 18.3 Å². The van der Waals surface area contributed by atoms with E-state index < -0.39 is 18.4 Å². The second-order valence-corrected chi connectivity index (χ2v) is 8.06. The summed E-state index contributed by atoms with van der Waals surface area (Å²) in [6, 6.07) is 15.9. The van der Waals surface area contributed by atoms with Crippen LogP contribution in [0.5, 0.6) is 5.88 Å². The molecular weight excluding hydrogens is 428 g/mol. The summed E-state index contributed by atoms with van der Waals surface area (Å²) in [5.41, 5.74) is 2.67. The molecule has 0 saturated carbocycles. The third-order valence-electron chi connectivity index (χ3n) is 5.80. The molecule has 9 heteroatoms. The zero-order valence-corrected chi connectivity index (χ0v) is 17.9. The number of halogens is 2. The number of ether oxygens (including phenoxy) is 1. The first-order valence-corrected chi connectivity index (χ1v) is 10.6. The zero-order valence-electron chi connectivity index (χ0n) is 17.9. The fourth-order valence-corrected chi connectivity index (χ4v) is 3.98. The van der Waals surface area contributed by atoms with Crippen LogP contribution in [0, 0.1) is 6.92 Å². The highest BCUT2D eigenvalue weighted by atomic mass is 19.3. The topological polar surface area (TPSA) is 73.1 Å². The molecule has 1 saturated heterocycles. The van der Waals surface area contributed by atoms with Gasteiger partial charge >= 0.3 is 0 Å². The largest absolute Gasteiger partial charge is 0.466 e. The van der Waals surface area contributed by atoms with Crippen molar-refractivity contribution >= 4 is 16.8 Å². The highest BCUT2D eigenvalue weighted by Crippen LogP contribution is 2.32. The molecule has 168 valence electrons. The molecule has 0 aliphatic carbocycles. The van der Waals surface area contributed by atoms with E-state index in [0.29, 0.717) is 16.8 Å². The van der Waals surface area contributed by atoms with E-state index in [-0.39, 0.29) is 24.9 Å². The first-order chi connectivity index (χ1) is 15.9. The molecule has 2 aromatic carbocycles. The van der Waals surface area contributed by atoms with Gasteiger partial charge in [-0.05, 0) is 36.8 Å². The number of amides is 1. The van der Waals surface area contributed by atoms with Crippen LogP contribution in [0.1, 0.15) is 22.3 Å². The Hall–Kier alpha value is -3.88. The summed E-state index contributed by atoms with van der Waals surface area (Å²) in [6.07, 6.45) is 1.21.